The average Bonchev–Trinajstić information content (AvgIpc) is 2.65. The van der Waals surface area contributed by atoms with Crippen molar-refractivity contribution in [3.05, 3.63) is 65.7 Å². The second-order valence-corrected chi connectivity index (χ2v) is 6.79. The van der Waals surface area contributed by atoms with E-state index in [4.69, 9.17) is 4.74 Å². The Hall–Kier alpha value is -2.21. The van der Waals surface area contributed by atoms with Crippen LogP contribution in [-0.4, -0.2) is 55.6 Å². The maximum absolute atomic E-state index is 12.2. The van der Waals surface area contributed by atoms with E-state index >= 15 is 0 Å². The standard InChI is InChI=1S/C21H27N3O2/c1-23(15-18-5-3-2-4-6-18)17-21(25)22-20-9-7-19(8-10-20)16-24-11-13-26-14-12-24/h2-10H,11-17H2,1H3,(H,22,25). The van der Waals surface area contributed by atoms with Crippen molar-refractivity contribution in [3.63, 3.8) is 0 Å². The lowest BCUT2D eigenvalue weighted by Crippen LogP contribution is -2.35. The Labute approximate surface area is 155 Å². The van der Waals surface area contributed by atoms with E-state index in [-0.39, 0.29) is 5.91 Å². The van der Waals surface area contributed by atoms with Crippen molar-refractivity contribution in [2.24, 2.45) is 0 Å². The fraction of sp³-hybridized carbons (Fsp3) is 0.381. The molecule has 1 amide bonds. The molecule has 5 nitrogen and oxygen atoms in total. The maximum atomic E-state index is 12.2. The van der Waals surface area contributed by atoms with E-state index in [2.05, 4.69) is 34.5 Å². The number of hydrogen-bond acceptors (Lipinski definition) is 4. The largest absolute Gasteiger partial charge is 0.379 e. The first-order valence-electron chi connectivity index (χ1n) is 9.10. The van der Waals surface area contributed by atoms with Gasteiger partial charge in [-0.05, 0) is 30.3 Å². The van der Waals surface area contributed by atoms with Crippen molar-refractivity contribution in [1.82, 2.24) is 9.80 Å². The van der Waals surface area contributed by atoms with Crippen LogP contribution < -0.4 is 5.32 Å². The second kappa shape index (κ2) is 9.48. The summed E-state index contributed by atoms with van der Waals surface area (Å²) in [6.07, 6.45) is 0. The van der Waals surface area contributed by atoms with Gasteiger partial charge < -0.3 is 10.1 Å². The van der Waals surface area contributed by atoms with Crippen LogP contribution in [-0.2, 0) is 22.6 Å². The number of hydrogen-bond donors (Lipinski definition) is 1. The Morgan fingerprint density at radius 3 is 2.42 bits per heavy atom. The normalized spacial score (nSPS) is 15.2. The summed E-state index contributed by atoms with van der Waals surface area (Å²) < 4.78 is 5.38. The second-order valence-electron chi connectivity index (χ2n) is 6.79. The first kappa shape index (κ1) is 18.6. The third-order valence-corrected chi connectivity index (χ3v) is 4.46. The van der Waals surface area contributed by atoms with Crippen LogP contribution in [0.15, 0.2) is 54.6 Å². The van der Waals surface area contributed by atoms with Crippen molar-refractivity contribution in [2.75, 3.05) is 45.2 Å². The number of nitrogens with zero attached hydrogens (tertiary/aromatic N) is 2. The smallest absolute Gasteiger partial charge is 0.238 e. The SMILES string of the molecule is CN(CC(=O)Nc1ccc(CN2CCOCC2)cc1)Cc1ccccc1. The van der Waals surface area contributed by atoms with Crippen molar-refractivity contribution in [2.45, 2.75) is 13.1 Å². The number of carbonyl (C=O) groups is 1. The summed E-state index contributed by atoms with van der Waals surface area (Å²) in [6, 6.07) is 18.3. The molecule has 1 N–H and O–H groups in total. The predicted molar refractivity (Wildman–Crippen MR) is 104 cm³/mol. The monoisotopic (exact) mass is 353 g/mol. The lowest BCUT2D eigenvalue weighted by atomic mass is 10.2. The van der Waals surface area contributed by atoms with Gasteiger partial charge in [0.2, 0.25) is 5.91 Å². The molecule has 0 atom stereocenters. The van der Waals surface area contributed by atoms with Crippen LogP contribution in [0.5, 0.6) is 0 Å². The van der Waals surface area contributed by atoms with Crippen molar-refractivity contribution in [1.29, 1.82) is 0 Å². The molecule has 1 aliphatic rings. The fourth-order valence-electron chi connectivity index (χ4n) is 3.11. The molecule has 0 saturated carbocycles. The number of ether oxygens (including phenoxy) is 1. The van der Waals surface area contributed by atoms with Gasteiger partial charge in [0, 0.05) is 31.9 Å². The van der Waals surface area contributed by atoms with E-state index in [0.717, 1.165) is 45.1 Å². The van der Waals surface area contributed by atoms with Crippen molar-refractivity contribution in [3.8, 4) is 0 Å². The molecule has 2 aromatic rings. The lowest BCUT2D eigenvalue weighted by molar-refractivity contribution is -0.117. The molecule has 0 unspecified atom stereocenters. The summed E-state index contributed by atoms with van der Waals surface area (Å²) in [5, 5.41) is 2.98. The Balaban J connectivity index is 1.45. The summed E-state index contributed by atoms with van der Waals surface area (Å²) in [5.41, 5.74) is 3.30. The molecule has 0 spiro atoms. The van der Waals surface area contributed by atoms with Gasteiger partial charge in [0.25, 0.3) is 0 Å². The Bertz CT molecular complexity index is 682. The summed E-state index contributed by atoms with van der Waals surface area (Å²) in [7, 11) is 1.96. The molecular formula is C21H27N3O2. The molecule has 138 valence electrons. The van der Waals surface area contributed by atoms with Crippen molar-refractivity contribution < 1.29 is 9.53 Å². The third-order valence-electron chi connectivity index (χ3n) is 4.46. The van der Waals surface area contributed by atoms with Gasteiger partial charge in [-0.15, -0.1) is 0 Å². The van der Waals surface area contributed by atoms with E-state index in [0.29, 0.717) is 6.54 Å². The van der Waals surface area contributed by atoms with Gasteiger partial charge in [-0.3, -0.25) is 14.6 Å². The van der Waals surface area contributed by atoms with Crippen LogP contribution in [0, 0.1) is 0 Å². The molecule has 0 radical (unpaired) electrons. The zero-order valence-corrected chi connectivity index (χ0v) is 15.4. The Morgan fingerprint density at radius 2 is 1.73 bits per heavy atom. The molecule has 5 heteroatoms. The zero-order valence-electron chi connectivity index (χ0n) is 15.4. The number of carbonyl (C=O) groups excluding carboxylic acids is 1. The van der Waals surface area contributed by atoms with E-state index in [9.17, 15) is 4.79 Å². The van der Waals surface area contributed by atoms with E-state index in [1.54, 1.807) is 0 Å². The summed E-state index contributed by atoms with van der Waals surface area (Å²) in [4.78, 5) is 16.6. The quantitative estimate of drug-likeness (QED) is 0.831. The van der Waals surface area contributed by atoms with Gasteiger partial charge in [0.15, 0.2) is 0 Å². The molecule has 1 heterocycles. The highest BCUT2D eigenvalue weighted by Gasteiger charge is 2.11. The zero-order chi connectivity index (χ0) is 18.2. The van der Waals surface area contributed by atoms with Crippen LogP contribution in [0.2, 0.25) is 0 Å². The minimum Gasteiger partial charge on any atom is -0.379 e. The molecule has 1 saturated heterocycles. The average molecular weight is 353 g/mol. The summed E-state index contributed by atoms with van der Waals surface area (Å²) in [6.45, 7) is 5.63. The number of likely N-dealkylation sites (N-methyl/N-ethyl adjacent to an activating group) is 1. The lowest BCUT2D eigenvalue weighted by Gasteiger charge is -2.26. The molecular weight excluding hydrogens is 326 g/mol. The van der Waals surface area contributed by atoms with Crippen LogP contribution in [0.25, 0.3) is 0 Å². The van der Waals surface area contributed by atoms with Crippen LogP contribution >= 0.6 is 0 Å². The molecule has 0 bridgehead atoms. The third kappa shape index (κ3) is 5.95. The number of morpholine rings is 1. The van der Waals surface area contributed by atoms with Crippen molar-refractivity contribution >= 4 is 11.6 Å². The predicted octanol–water partition coefficient (Wildman–Crippen LogP) is 2.59. The number of nitrogens with one attached hydrogen (secondary N) is 1. The Morgan fingerprint density at radius 1 is 1.04 bits per heavy atom. The minimum atomic E-state index is 0.00404. The number of anilines is 1. The highest BCUT2D eigenvalue weighted by atomic mass is 16.5. The summed E-state index contributed by atoms with van der Waals surface area (Å²) in [5.74, 6) is 0.00404. The topological polar surface area (TPSA) is 44.8 Å². The molecule has 2 aromatic carbocycles. The molecule has 26 heavy (non-hydrogen) atoms. The molecule has 0 aromatic heterocycles. The highest BCUT2D eigenvalue weighted by molar-refractivity contribution is 5.92. The van der Waals surface area contributed by atoms with Gasteiger partial charge in [-0.2, -0.15) is 0 Å². The van der Waals surface area contributed by atoms with Gasteiger partial charge >= 0.3 is 0 Å². The van der Waals surface area contributed by atoms with E-state index in [1.165, 1.54) is 11.1 Å². The molecule has 1 fully saturated rings. The maximum Gasteiger partial charge on any atom is 0.238 e. The van der Waals surface area contributed by atoms with Gasteiger partial charge in [-0.25, -0.2) is 0 Å². The van der Waals surface area contributed by atoms with Crippen LogP contribution in [0.4, 0.5) is 5.69 Å². The van der Waals surface area contributed by atoms with Crippen LogP contribution in [0.3, 0.4) is 0 Å². The number of rotatable bonds is 7. The van der Waals surface area contributed by atoms with Gasteiger partial charge in [-0.1, -0.05) is 42.5 Å². The first-order valence-corrected chi connectivity index (χ1v) is 9.10. The highest BCUT2D eigenvalue weighted by Crippen LogP contribution is 2.13. The number of amides is 1. The Kier molecular flexibility index (Phi) is 6.77. The molecule has 1 aliphatic heterocycles. The molecule has 0 aliphatic carbocycles. The first-order chi connectivity index (χ1) is 12.7. The van der Waals surface area contributed by atoms with Gasteiger partial charge in [0.05, 0.1) is 19.8 Å². The van der Waals surface area contributed by atoms with Crippen LogP contribution in [0.1, 0.15) is 11.1 Å². The van der Waals surface area contributed by atoms with Gasteiger partial charge in [0.1, 0.15) is 0 Å². The molecule has 3 rings (SSSR count). The minimum absolute atomic E-state index is 0.00404. The number of benzene rings is 2. The summed E-state index contributed by atoms with van der Waals surface area (Å²) >= 11 is 0. The van der Waals surface area contributed by atoms with E-state index in [1.807, 2.05) is 42.3 Å². The van der Waals surface area contributed by atoms with E-state index < -0.39 is 0 Å². The fourth-order valence-corrected chi connectivity index (χ4v) is 3.11.